The van der Waals surface area contributed by atoms with Gasteiger partial charge in [0.05, 0.1) is 6.61 Å². The summed E-state index contributed by atoms with van der Waals surface area (Å²) >= 11 is 0. The van der Waals surface area contributed by atoms with E-state index in [0.717, 1.165) is 25.8 Å². The molecule has 142 valence electrons. The van der Waals surface area contributed by atoms with Crippen LogP contribution in [0.4, 0.5) is 15.3 Å². The van der Waals surface area contributed by atoms with Crippen molar-refractivity contribution < 1.29 is 19.1 Å². The number of likely N-dealkylation sites (tertiary alicyclic amines) is 1. The summed E-state index contributed by atoms with van der Waals surface area (Å²) < 4.78 is 9.76. The van der Waals surface area contributed by atoms with Crippen LogP contribution in [0.1, 0.15) is 47.0 Å². The highest BCUT2D eigenvalue weighted by atomic mass is 16.7. The number of hydrogen-bond donors (Lipinski definition) is 1. The molecule has 1 heterocycles. The van der Waals surface area contributed by atoms with E-state index in [-0.39, 0.29) is 23.5 Å². The maximum atomic E-state index is 12.8. The molecule has 2 aliphatic rings. The number of anilines is 1. The number of hydrogen-bond acceptors (Lipinski definition) is 4. The van der Waals surface area contributed by atoms with Gasteiger partial charge >= 0.3 is 12.2 Å². The van der Waals surface area contributed by atoms with E-state index in [0.29, 0.717) is 17.5 Å². The molecule has 0 spiro atoms. The summed E-state index contributed by atoms with van der Waals surface area (Å²) in [4.78, 5) is 26.1. The van der Waals surface area contributed by atoms with Gasteiger partial charge in [0.2, 0.25) is 0 Å². The Morgan fingerprint density at radius 2 is 1.88 bits per heavy atom. The molecule has 1 aromatic rings. The molecule has 2 atom stereocenters. The van der Waals surface area contributed by atoms with Crippen LogP contribution in [0, 0.1) is 10.8 Å². The molecule has 0 aromatic heterocycles. The summed E-state index contributed by atoms with van der Waals surface area (Å²) in [6.07, 6.45) is 2.54. The van der Waals surface area contributed by atoms with Gasteiger partial charge in [-0.25, -0.2) is 9.59 Å². The first kappa shape index (κ1) is 18.5. The summed E-state index contributed by atoms with van der Waals surface area (Å²) in [5.74, 6) is 0.382. The van der Waals surface area contributed by atoms with E-state index in [2.05, 4.69) is 26.1 Å². The molecule has 1 aliphatic heterocycles. The fourth-order valence-corrected chi connectivity index (χ4v) is 4.74. The number of urea groups is 1. The molecule has 2 amide bonds. The molecule has 6 nitrogen and oxygen atoms in total. The first-order valence-corrected chi connectivity index (χ1v) is 9.22. The largest absolute Gasteiger partial charge is 0.513 e. The average Bonchev–Trinajstić information content (AvgIpc) is 2.78. The number of carbonyl (C=O) groups is 2. The SMILES string of the molecule is CCOC(=O)Oc1ccc(NC(=O)N2CC3(C)CC2CC(C)(C)C3)cc1. The topological polar surface area (TPSA) is 67.9 Å². The fourth-order valence-electron chi connectivity index (χ4n) is 4.74. The molecule has 2 unspecified atom stereocenters. The van der Waals surface area contributed by atoms with Crippen LogP contribution in [0.2, 0.25) is 0 Å². The summed E-state index contributed by atoms with van der Waals surface area (Å²) in [5, 5.41) is 2.96. The third-order valence-corrected chi connectivity index (χ3v) is 5.24. The predicted octanol–water partition coefficient (Wildman–Crippen LogP) is 4.65. The van der Waals surface area contributed by atoms with E-state index < -0.39 is 6.16 Å². The van der Waals surface area contributed by atoms with Gasteiger partial charge in [-0.3, -0.25) is 0 Å². The normalized spacial score (nSPS) is 26.3. The van der Waals surface area contributed by atoms with Crippen molar-refractivity contribution in [2.45, 2.75) is 53.0 Å². The zero-order valence-corrected chi connectivity index (χ0v) is 16.0. The first-order chi connectivity index (χ1) is 12.2. The van der Waals surface area contributed by atoms with E-state index in [9.17, 15) is 9.59 Å². The maximum Gasteiger partial charge on any atom is 0.513 e. The Morgan fingerprint density at radius 1 is 1.19 bits per heavy atom. The van der Waals surface area contributed by atoms with Crippen LogP contribution in [-0.4, -0.2) is 36.3 Å². The molecule has 1 saturated heterocycles. The van der Waals surface area contributed by atoms with Crippen molar-refractivity contribution in [3.05, 3.63) is 24.3 Å². The van der Waals surface area contributed by atoms with Crippen LogP contribution in [-0.2, 0) is 4.74 Å². The Hall–Kier alpha value is -2.24. The number of benzene rings is 1. The molecule has 1 N–H and O–H groups in total. The Balaban J connectivity index is 1.61. The lowest BCUT2D eigenvalue weighted by Crippen LogP contribution is -2.40. The van der Waals surface area contributed by atoms with Crippen molar-refractivity contribution in [1.82, 2.24) is 4.90 Å². The van der Waals surface area contributed by atoms with Crippen molar-refractivity contribution in [3.63, 3.8) is 0 Å². The van der Waals surface area contributed by atoms with Gasteiger partial charge < -0.3 is 19.7 Å². The van der Waals surface area contributed by atoms with E-state index >= 15 is 0 Å². The summed E-state index contributed by atoms with van der Waals surface area (Å²) in [6, 6.07) is 6.96. The zero-order chi connectivity index (χ0) is 18.9. The highest BCUT2D eigenvalue weighted by molar-refractivity contribution is 5.90. The van der Waals surface area contributed by atoms with Crippen molar-refractivity contribution >= 4 is 17.9 Å². The van der Waals surface area contributed by atoms with Gasteiger partial charge in [0.15, 0.2) is 0 Å². The molecule has 3 rings (SSSR count). The Labute approximate surface area is 154 Å². The summed E-state index contributed by atoms with van der Waals surface area (Å²) in [6.45, 7) is 9.66. The second-order valence-corrected chi connectivity index (χ2v) is 8.58. The molecule has 1 aliphatic carbocycles. The third kappa shape index (κ3) is 4.11. The third-order valence-electron chi connectivity index (χ3n) is 5.24. The predicted molar refractivity (Wildman–Crippen MR) is 99.3 cm³/mol. The number of rotatable bonds is 3. The minimum absolute atomic E-state index is 0.0597. The Kier molecular flexibility index (Phi) is 4.86. The van der Waals surface area contributed by atoms with Gasteiger partial charge in [-0.05, 0) is 61.3 Å². The van der Waals surface area contributed by atoms with E-state index in [4.69, 9.17) is 9.47 Å². The molecule has 6 heteroatoms. The Bertz CT molecular complexity index is 686. The smallest absolute Gasteiger partial charge is 0.434 e. The molecular weight excluding hydrogens is 332 g/mol. The second kappa shape index (κ2) is 6.82. The standard InChI is InChI=1S/C20H28N2O4/c1-5-25-18(24)26-16-8-6-14(7-9-16)21-17(23)22-13-20(4)11-15(22)10-19(2,3)12-20/h6-9,15H,5,10-13H2,1-4H3,(H,21,23). The number of carbonyl (C=O) groups excluding carboxylic acids is 2. The van der Waals surface area contributed by atoms with Gasteiger partial charge in [0, 0.05) is 18.3 Å². The van der Waals surface area contributed by atoms with Crippen LogP contribution in [0.15, 0.2) is 24.3 Å². The van der Waals surface area contributed by atoms with Crippen molar-refractivity contribution in [3.8, 4) is 5.75 Å². The average molecular weight is 360 g/mol. The van der Waals surface area contributed by atoms with Gasteiger partial charge in [-0.15, -0.1) is 0 Å². The fraction of sp³-hybridized carbons (Fsp3) is 0.600. The summed E-state index contributed by atoms with van der Waals surface area (Å²) in [7, 11) is 0. The lowest BCUT2D eigenvalue weighted by molar-refractivity contribution is 0.104. The van der Waals surface area contributed by atoms with Crippen LogP contribution in [0.5, 0.6) is 5.75 Å². The quantitative estimate of drug-likeness (QED) is 0.629. The first-order valence-electron chi connectivity index (χ1n) is 9.22. The van der Waals surface area contributed by atoms with Crippen LogP contribution in [0.25, 0.3) is 0 Å². The van der Waals surface area contributed by atoms with Gasteiger partial charge in [-0.2, -0.15) is 0 Å². The van der Waals surface area contributed by atoms with Crippen LogP contribution < -0.4 is 10.1 Å². The highest BCUT2D eigenvalue weighted by Gasteiger charge is 2.50. The number of amides is 2. The zero-order valence-electron chi connectivity index (χ0n) is 16.0. The van der Waals surface area contributed by atoms with E-state index in [1.807, 2.05) is 4.90 Å². The van der Waals surface area contributed by atoms with Crippen LogP contribution in [0.3, 0.4) is 0 Å². The molecular formula is C20H28N2O4. The number of fused-ring (bicyclic) bond motifs is 2. The maximum absolute atomic E-state index is 12.8. The molecule has 1 aromatic carbocycles. The Morgan fingerprint density at radius 3 is 2.54 bits per heavy atom. The van der Waals surface area contributed by atoms with Gasteiger partial charge in [0.1, 0.15) is 5.75 Å². The summed E-state index contributed by atoms with van der Waals surface area (Å²) in [5.41, 5.74) is 1.16. The van der Waals surface area contributed by atoms with Crippen LogP contribution >= 0.6 is 0 Å². The molecule has 2 bridgehead atoms. The van der Waals surface area contributed by atoms with Crippen molar-refractivity contribution in [1.29, 1.82) is 0 Å². The van der Waals surface area contributed by atoms with E-state index in [1.165, 1.54) is 0 Å². The molecule has 1 saturated carbocycles. The van der Waals surface area contributed by atoms with Gasteiger partial charge in [0.25, 0.3) is 0 Å². The van der Waals surface area contributed by atoms with Crippen molar-refractivity contribution in [2.75, 3.05) is 18.5 Å². The number of nitrogens with one attached hydrogen (secondary N) is 1. The lowest BCUT2D eigenvalue weighted by Gasteiger charge is -2.39. The van der Waals surface area contributed by atoms with Gasteiger partial charge in [-0.1, -0.05) is 20.8 Å². The molecule has 2 fully saturated rings. The molecule has 0 radical (unpaired) electrons. The highest BCUT2D eigenvalue weighted by Crippen LogP contribution is 2.52. The second-order valence-electron chi connectivity index (χ2n) is 8.58. The number of ether oxygens (including phenoxy) is 2. The lowest BCUT2D eigenvalue weighted by atomic mass is 9.65. The minimum atomic E-state index is -0.732. The molecule has 26 heavy (non-hydrogen) atoms. The van der Waals surface area contributed by atoms with E-state index in [1.54, 1.807) is 31.2 Å². The van der Waals surface area contributed by atoms with Crippen molar-refractivity contribution in [2.24, 2.45) is 10.8 Å². The minimum Gasteiger partial charge on any atom is -0.434 e. The number of nitrogens with zero attached hydrogens (tertiary/aromatic N) is 1. The monoisotopic (exact) mass is 360 g/mol.